The maximum Gasteiger partial charge on any atom is 0.197 e. The Morgan fingerprint density at radius 1 is 1.44 bits per heavy atom. The minimum absolute atomic E-state index is 0.0325. The van der Waals surface area contributed by atoms with Crippen molar-refractivity contribution < 1.29 is 4.79 Å². The van der Waals surface area contributed by atoms with Crippen LogP contribution < -0.4 is 0 Å². The van der Waals surface area contributed by atoms with Crippen LogP contribution >= 0.6 is 11.8 Å². The van der Waals surface area contributed by atoms with Gasteiger partial charge in [-0.25, -0.2) is 0 Å². The molecule has 1 rings (SSSR count). The topological polar surface area (TPSA) is 32.7 Å². The molecule has 0 atom stereocenters. The molecule has 0 saturated heterocycles. The Morgan fingerprint density at radius 2 is 2.00 bits per heavy atom. The van der Waals surface area contributed by atoms with Crippen molar-refractivity contribution in [3.63, 3.8) is 0 Å². The highest BCUT2D eigenvalue weighted by molar-refractivity contribution is 8.26. The monoisotopic (exact) mass is 268 g/mol. The van der Waals surface area contributed by atoms with Gasteiger partial charge >= 0.3 is 0 Å². The number of thioether (sulfide) groups is 1. The van der Waals surface area contributed by atoms with E-state index in [2.05, 4.69) is 39.2 Å². The van der Waals surface area contributed by atoms with Crippen LogP contribution in [0.4, 0.5) is 0 Å². The second-order valence-electron chi connectivity index (χ2n) is 5.95. The lowest BCUT2D eigenvalue weighted by Gasteiger charge is -2.38. The first-order valence-electron chi connectivity index (χ1n) is 6.33. The Kier molecular flexibility index (Phi) is 4.44. The second kappa shape index (κ2) is 5.17. The van der Waals surface area contributed by atoms with Crippen molar-refractivity contribution in [3.8, 4) is 0 Å². The first-order chi connectivity index (χ1) is 8.13. The van der Waals surface area contributed by atoms with E-state index in [1.54, 1.807) is 0 Å². The Morgan fingerprint density at radius 3 is 2.44 bits per heavy atom. The van der Waals surface area contributed by atoms with E-state index < -0.39 is 0 Å². The summed E-state index contributed by atoms with van der Waals surface area (Å²) in [5.74, 6) is 0.0325. The zero-order valence-electron chi connectivity index (χ0n) is 12.3. The molecule has 1 heterocycles. The van der Waals surface area contributed by atoms with Gasteiger partial charge < -0.3 is 0 Å². The quantitative estimate of drug-likeness (QED) is 0.736. The van der Waals surface area contributed by atoms with Crippen molar-refractivity contribution in [1.29, 1.82) is 0 Å². The summed E-state index contributed by atoms with van der Waals surface area (Å²) in [7, 11) is 0. The van der Waals surface area contributed by atoms with Crippen LogP contribution in [0.5, 0.6) is 0 Å². The van der Waals surface area contributed by atoms with Crippen molar-refractivity contribution in [1.82, 2.24) is 4.90 Å². The predicted molar refractivity (Wildman–Crippen MR) is 79.9 cm³/mol. The third-order valence-corrected chi connectivity index (χ3v) is 4.67. The van der Waals surface area contributed by atoms with Gasteiger partial charge in [0.15, 0.2) is 5.12 Å². The fourth-order valence-corrected chi connectivity index (χ4v) is 3.24. The van der Waals surface area contributed by atoms with Gasteiger partial charge in [-0.3, -0.25) is 14.7 Å². The largest absolute Gasteiger partial charge is 0.287 e. The third-order valence-electron chi connectivity index (χ3n) is 3.21. The third kappa shape index (κ3) is 2.86. The highest BCUT2D eigenvalue weighted by Crippen LogP contribution is 2.39. The minimum Gasteiger partial charge on any atom is -0.287 e. The smallest absolute Gasteiger partial charge is 0.197 e. The summed E-state index contributed by atoms with van der Waals surface area (Å²) < 4.78 is 0. The lowest BCUT2D eigenvalue weighted by atomic mass is 10.0. The molecule has 4 heteroatoms. The average Bonchev–Trinajstić information content (AvgIpc) is 2.38. The molecule has 0 amide bonds. The lowest BCUT2D eigenvalue weighted by Crippen LogP contribution is -2.51. The molecule has 1 aliphatic rings. The number of rotatable bonds is 3. The van der Waals surface area contributed by atoms with Gasteiger partial charge in [0.2, 0.25) is 0 Å². The maximum absolute atomic E-state index is 11.9. The predicted octanol–water partition coefficient (Wildman–Crippen LogP) is 3.32. The molecule has 0 N–H and O–H groups in total. The van der Waals surface area contributed by atoms with Gasteiger partial charge in [0.25, 0.3) is 0 Å². The van der Waals surface area contributed by atoms with E-state index in [1.165, 1.54) is 11.8 Å². The fraction of sp³-hybridized carbons (Fsp3) is 0.714. The zero-order valence-corrected chi connectivity index (χ0v) is 13.1. The van der Waals surface area contributed by atoms with Crippen molar-refractivity contribution in [3.05, 3.63) is 12.7 Å². The van der Waals surface area contributed by atoms with Crippen LogP contribution in [0.15, 0.2) is 17.6 Å². The van der Waals surface area contributed by atoms with Crippen LogP contribution in [-0.2, 0) is 4.79 Å². The molecule has 0 saturated carbocycles. The van der Waals surface area contributed by atoms with E-state index >= 15 is 0 Å². The van der Waals surface area contributed by atoms with E-state index in [4.69, 9.17) is 4.99 Å². The summed E-state index contributed by atoms with van der Waals surface area (Å²) in [5, 5.41) is 1.09. The number of carbonyl (C=O) groups excluding carboxylic acids is 1. The highest BCUT2D eigenvalue weighted by atomic mass is 32.2. The average molecular weight is 268 g/mol. The van der Waals surface area contributed by atoms with E-state index in [0.29, 0.717) is 0 Å². The van der Waals surface area contributed by atoms with Gasteiger partial charge in [0.1, 0.15) is 5.66 Å². The van der Waals surface area contributed by atoms with Gasteiger partial charge in [-0.2, -0.15) is 0 Å². The zero-order chi connectivity index (χ0) is 14.1. The molecule has 1 aliphatic heterocycles. The van der Waals surface area contributed by atoms with Crippen LogP contribution in [0.3, 0.4) is 0 Å². The molecule has 0 aliphatic carbocycles. The molecule has 0 radical (unpaired) electrons. The van der Waals surface area contributed by atoms with E-state index in [-0.39, 0.29) is 22.2 Å². The van der Waals surface area contributed by atoms with Gasteiger partial charge in [0, 0.05) is 12.5 Å². The molecule has 0 unspecified atom stereocenters. The SMILES string of the molecule is C=CCN1C(C)(C)N=C(SC(=O)C(C)C)C1(C)C. The Bertz CT molecular complexity index is 383. The summed E-state index contributed by atoms with van der Waals surface area (Å²) in [6, 6.07) is 0. The summed E-state index contributed by atoms with van der Waals surface area (Å²) >= 11 is 1.29. The van der Waals surface area contributed by atoms with Crippen molar-refractivity contribution >= 4 is 21.9 Å². The fourth-order valence-electron chi connectivity index (χ4n) is 2.19. The van der Waals surface area contributed by atoms with Crippen molar-refractivity contribution in [2.75, 3.05) is 6.54 Å². The molecule has 18 heavy (non-hydrogen) atoms. The first kappa shape index (κ1) is 15.4. The minimum atomic E-state index is -0.280. The first-order valence-corrected chi connectivity index (χ1v) is 7.15. The number of carbonyl (C=O) groups is 1. The molecule has 3 nitrogen and oxygen atoms in total. The van der Waals surface area contributed by atoms with E-state index in [9.17, 15) is 4.79 Å². The lowest BCUT2D eigenvalue weighted by molar-refractivity contribution is -0.113. The van der Waals surface area contributed by atoms with Gasteiger partial charge in [-0.05, 0) is 39.5 Å². The van der Waals surface area contributed by atoms with Crippen molar-refractivity contribution in [2.45, 2.75) is 52.7 Å². The van der Waals surface area contributed by atoms with Crippen LogP contribution in [0.25, 0.3) is 0 Å². The number of aliphatic imine (C=N–C) groups is 1. The summed E-state index contributed by atoms with van der Waals surface area (Å²) in [6.07, 6.45) is 1.89. The summed E-state index contributed by atoms with van der Waals surface area (Å²) in [4.78, 5) is 18.9. The maximum atomic E-state index is 11.9. The Hall–Kier alpha value is -0.610. The summed E-state index contributed by atoms with van der Waals surface area (Å²) in [5.41, 5.74) is -0.496. The van der Waals surface area contributed by atoms with Gasteiger partial charge in [-0.15, -0.1) is 6.58 Å². The molecular formula is C14H24N2OS. The molecule has 0 aromatic carbocycles. The van der Waals surface area contributed by atoms with Crippen LogP contribution in [0, 0.1) is 5.92 Å². The normalized spacial score (nSPS) is 22.1. The van der Waals surface area contributed by atoms with Crippen LogP contribution in [0.2, 0.25) is 0 Å². The second-order valence-corrected chi connectivity index (χ2v) is 6.94. The molecule has 0 bridgehead atoms. The Labute approximate surface area is 115 Å². The molecule has 102 valence electrons. The van der Waals surface area contributed by atoms with Crippen molar-refractivity contribution in [2.24, 2.45) is 10.9 Å². The van der Waals surface area contributed by atoms with E-state index in [0.717, 1.165) is 11.6 Å². The molecule has 0 aromatic heterocycles. The standard InChI is InChI=1S/C14H24N2OS/c1-8-9-16-13(4,5)12(15-14(16,6)7)18-11(17)10(2)3/h8,10H,1,9H2,2-7H3. The van der Waals surface area contributed by atoms with Crippen LogP contribution in [-0.4, -0.2) is 32.8 Å². The highest BCUT2D eigenvalue weighted by Gasteiger charge is 2.47. The van der Waals surface area contributed by atoms with Gasteiger partial charge in [-0.1, -0.05) is 19.9 Å². The number of nitrogens with zero attached hydrogens (tertiary/aromatic N) is 2. The molecular weight excluding hydrogens is 244 g/mol. The Balaban J connectivity index is 2.99. The van der Waals surface area contributed by atoms with Gasteiger partial charge in [0.05, 0.1) is 10.6 Å². The summed E-state index contributed by atoms with van der Waals surface area (Å²) in [6.45, 7) is 16.8. The van der Waals surface area contributed by atoms with Crippen LogP contribution in [0.1, 0.15) is 41.5 Å². The number of hydrogen-bond donors (Lipinski definition) is 0. The van der Waals surface area contributed by atoms with E-state index in [1.807, 2.05) is 19.9 Å². The molecule has 0 spiro atoms. The molecule has 0 fully saturated rings. The molecule has 0 aromatic rings. The number of hydrogen-bond acceptors (Lipinski definition) is 4.